The third kappa shape index (κ3) is 5.89. The van der Waals surface area contributed by atoms with Crippen molar-refractivity contribution in [3.8, 4) is 33.4 Å². The minimum atomic E-state index is -1.03. The van der Waals surface area contributed by atoms with Crippen molar-refractivity contribution in [3.05, 3.63) is 137 Å². The van der Waals surface area contributed by atoms with Crippen LogP contribution in [-0.2, 0) is 13.0 Å². The van der Waals surface area contributed by atoms with Gasteiger partial charge in [0.15, 0.2) is 0 Å². The van der Waals surface area contributed by atoms with E-state index in [1.165, 1.54) is 12.1 Å². The van der Waals surface area contributed by atoms with Crippen molar-refractivity contribution in [1.82, 2.24) is 4.48 Å². The van der Waals surface area contributed by atoms with E-state index in [9.17, 15) is 0 Å². The Morgan fingerprint density at radius 1 is 0.500 bits per heavy atom. The van der Waals surface area contributed by atoms with E-state index < -0.39 is 51.6 Å². The Labute approximate surface area is 253 Å². The molecule has 0 aromatic heterocycles. The average Bonchev–Trinajstić information content (AvgIpc) is 2.97. The predicted octanol–water partition coefficient (Wildman–Crippen LogP) is 10.6. The van der Waals surface area contributed by atoms with E-state index in [0.29, 0.717) is 37.1 Å². The Hall–Kier alpha value is -4.36. The van der Waals surface area contributed by atoms with Gasteiger partial charge in [-0.25, -0.2) is 26.3 Å². The molecular weight excluding hydrogens is 572 g/mol. The second-order valence-corrected chi connectivity index (χ2v) is 11.4. The van der Waals surface area contributed by atoms with Crippen LogP contribution in [0.15, 0.2) is 91.0 Å². The van der Waals surface area contributed by atoms with Gasteiger partial charge in [0.25, 0.3) is 0 Å². The summed E-state index contributed by atoms with van der Waals surface area (Å²) in [4.78, 5) is 0. The monoisotopic (exact) mass is 604 g/mol. The van der Waals surface area contributed by atoms with Crippen LogP contribution in [0.3, 0.4) is 0 Å². The summed E-state index contributed by atoms with van der Waals surface area (Å²) >= 11 is 0. The van der Waals surface area contributed by atoms with Crippen LogP contribution in [0.25, 0.3) is 33.4 Å². The maximum absolute atomic E-state index is 15.9. The first-order chi connectivity index (χ1) is 21.0. The van der Waals surface area contributed by atoms with Crippen molar-refractivity contribution in [2.75, 3.05) is 14.1 Å². The van der Waals surface area contributed by atoms with E-state index in [2.05, 4.69) is 0 Å². The Bertz CT molecular complexity index is 1750. The van der Waals surface area contributed by atoms with Gasteiger partial charge in [0.1, 0.15) is 47.1 Å². The minimum absolute atomic E-state index is 0.00461. The van der Waals surface area contributed by atoms with Gasteiger partial charge in [-0.15, -0.1) is 0 Å². The minimum Gasteiger partial charge on any atom is -0.292 e. The summed E-state index contributed by atoms with van der Waals surface area (Å²) in [5.74, 6) is -5.96. The van der Waals surface area contributed by atoms with Crippen LogP contribution >= 0.6 is 0 Å². The molecule has 0 saturated carbocycles. The Morgan fingerprint density at radius 2 is 0.932 bits per heavy atom. The summed E-state index contributed by atoms with van der Waals surface area (Å²) in [6.07, 6.45) is 1.59. The van der Waals surface area contributed by atoms with Gasteiger partial charge in [-0.05, 0) is 60.4 Å². The Kier molecular flexibility index (Phi) is 8.97. The Morgan fingerprint density at radius 3 is 1.39 bits per heavy atom. The Balaban J connectivity index is 2.06. The van der Waals surface area contributed by atoms with Crippen LogP contribution in [-0.4, -0.2) is 14.1 Å². The van der Waals surface area contributed by atoms with Gasteiger partial charge in [-0.1, -0.05) is 61.9 Å². The second kappa shape index (κ2) is 12.7. The molecule has 5 aromatic carbocycles. The first-order valence-electron chi connectivity index (χ1n) is 14.5. The van der Waals surface area contributed by atoms with E-state index in [-0.39, 0.29) is 21.2 Å². The fraction of sp³-hybridized carbons (Fsp3) is 0.189. The van der Waals surface area contributed by atoms with E-state index >= 15 is 26.3 Å². The van der Waals surface area contributed by atoms with Crippen molar-refractivity contribution in [1.29, 1.82) is 0 Å². The van der Waals surface area contributed by atoms with E-state index in [0.717, 1.165) is 48.0 Å². The lowest BCUT2D eigenvalue weighted by atomic mass is 9.81. The molecule has 0 aliphatic rings. The molecule has 5 aromatic rings. The zero-order chi connectivity index (χ0) is 31.6. The van der Waals surface area contributed by atoms with Gasteiger partial charge in [-0.3, -0.25) is 4.48 Å². The number of hydrogen-bond acceptors (Lipinski definition) is 0. The summed E-state index contributed by atoms with van der Waals surface area (Å²) in [6.45, 7) is 2.28. The highest BCUT2D eigenvalue weighted by molar-refractivity contribution is 6.02. The molecule has 0 radical (unpaired) electrons. The van der Waals surface area contributed by atoms with Crippen LogP contribution in [0.5, 0.6) is 0 Å². The van der Waals surface area contributed by atoms with Crippen molar-refractivity contribution in [3.63, 3.8) is 0 Å². The lowest BCUT2D eigenvalue weighted by molar-refractivity contribution is 0.392. The molecule has 0 unspecified atom stereocenters. The molecule has 0 fully saturated rings. The summed E-state index contributed by atoms with van der Waals surface area (Å²) in [7, 11) is 3.64. The number of benzene rings is 5. The average molecular weight is 605 g/mol. The molecule has 0 aliphatic carbocycles. The topological polar surface area (TPSA) is 0 Å². The molecule has 0 bridgehead atoms. The van der Waals surface area contributed by atoms with E-state index in [4.69, 9.17) is 0 Å². The molecule has 226 valence electrons. The third-order valence-electron chi connectivity index (χ3n) is 7.90. The number of halogens is 6. The number of nitrogens with zero attached hydrogens (tertiary/aromatic N) is 1. The smallest absolute Gasteiger partial charge is 0.141 e. The summed E-state index contributed by atoms with van der Waals surface area (Å²) < 4.78 is 94.8. The fourth-order valence-corrected chi connectivity index (χ4v) is 5.89. The number of rotatable bonds is 9. The molecule has 0 atom stereocenters. The quantitative estimate of drug-likeness (QED) is 0.116. The van der Waals surface area contributed by atoms with Gasteiger partial charge in [-0.2, -0.15) is 0 Å². The molecule has 5 rings (SSSR count). The van der Waals surface area contributed by atoms with Crippen LogP contribution < -0.4 is 4.48 Å². The molecule has 0 aliphatic heterocycles. The van der Waals surface area contributed by atoms with Gasteiger partial charge < -0.3 is 0 Å². The van der Waals surface area contributed by atoms with Crippen molar-refractivity contribution < 1.29 is 26.3 Å². The van der Waals surface area contributed by atoms with Crippen molar-refractivity contribution in [2.45, 2.75) is 32.7 Å². The lowest BCUT2D eigenvalue weighted by Gasteiger charge is -2.34. The van der Waals surface area contributed by atoms with Gasteiger partial charge in [0, 0.05) is 17.2 Å². The molecule has 0 spiro atoms. The molecule has 0 N–H and O–H groups in total. The zero-order valence-corrected chi connectivity index (χ0v) is 24.7. The number of quaternary nitrogens is 1. The first kappa shape index (κ1) is 31.1. The molecular formula is C37H32F6N+. The number of aryl methyl sites for hydroxylation is 1. The van der Waals surface area contributed by atoms with Crippen LogP contribution in [0.4, 0.5) is 32.0 Å². The molecule has 1 nitrogen and oxygen atoms in total. The molecule has 7 heteroatoms. The van der Waals surface area contributed by atoms with Crippen molar-refractivity contribution >= 4 is 5.69 Å². The standard InChI is InChI=1S/C37H32F6N/c1-4-5-14-24-21-31(44(2,3)22-23-12-7-6-8-13-23)36(34-27(40)17-10-18-28(34)41)37(35-29(42)19-11-20-30(35)43)32(24)33-25(38)15-9-16-26(33)39/h6-13,15-21H,4-5,14,22H2,1-3H3/q+1. The summed E-state index contributed by atoms with van der Waals surface area (Å²) in [5, 5.41) is 0. The second-order valence-electron chi connectivity index (χ2n) is 11.4. The predicted molar refractivity (Wildman–Crippen MR) is 165 cm³/mol. The highest BCUT2D eigenvalue weighted by Crippen LogP contribution is 2.52. The van der Waals surface area contributed by atoms with Crippen LogP contribution in [0, 0.1) is 34.9 Å². The highest BCUT2D eigenvalue weighted by atomic mass is 19.2. The van der Waals surface area contributed by atoms with Crippen molar-refractivity contribution in [2.24, 2.45) is 0 Å². The lowest BCUT2D eigenvalue weighted by Crippen LogP contribution is -2.40. The van der Waals surface area contributed by atoms with E-state index in [1.54, 1.807) is 6.07 Å². The van der Waals surface area contributed by atoms with Gasteiger partial charge in [0.2, 0.25) is 0 Å². The third-order valence-corrected chi connectivity index (χ3v) is 7.90. The zero-order valence-electron chi connectivity index (χ0n) is 24.7. The summed E-state index contributed by atoms with van der Waals surface area (Å²) in [5.41, 5.74) is -0.671. The normalized spacial score (nSPS) is 11.7. The number of unbranched alkanes of at least 4 members (excludes halogenated alkanes) is 1. The summed E-state index contributed by atoms with van der Waals surface area (Å²) in [6, 6.07) is 20.9. The van der Waals surface area contributed by atoms with Gasteiger partial charge >= 0.3 is 0 Å². The first-order valence-corrected chi connectivity index (χ1v) is 14.5. The largest absolute Gasteiger partial charge is 0.292 e. The fourth-order valence-electron chi connectivity index (χ4n) is 5.89. The maximum atomic E-state index is 15.9. The maximum Gasteiger partial charge on any atom is 0.141 e. The molecule has 44 heavy (non-hydrogen) atoms. The SMILES string of the molecule is CCCCc1cc([N+](C)(C)Cc2ccccc2)c(-c2c(F)cccc2F)c(-c2c(F)cccc2F)c1-c1c(F)cccc1F. The molecule has 0 heterocycles. The van der Waals surface area contributed by atoms with Gasteiger partial charge in [0.05, 0.1) is 36.3 Å². The van der Waals surface area contributed by atoms with Crippen LogP contribution in [0.2, 0.25) is 0 Å². The molecule has 0 amide bonds. The van der Waals surface area contributed by atoms with E-state index in [1.807, 2.05) is 51.4 Å². The molecule has 0 saturated heterocycles. The highest BCUT2D eigenvalue weighted by Gasteiger charge is 2.36. The van der Waals surface area contributed by atoms with Crippen LogP contribution in [0.1, 0.15) is 30.9 Å². The number of hydrogen-bond donors (Lipinski definition) is 0.